The number of aliphatic hydroxyl groups is 1. The van der Waals surface area contributed by atoms with Crippen LogP contribution in [0, 0.1) is 6.92 Å². The maximum Gasteiger partial charge on any atom is 0.220 e. The molecule has 4 N–H and O–H groups in total. The van der Waals surface area contributed by atoms with Crippen molar-refractivity contribution in [1.82, 2.24) is 15.0 Å². The van der Waals surface area contributed by atoms with Crippen molar-refractivity contribution < 1.29 is 9.52 Å². The first-order valence-electron chi connectivity index (χ1n) is 7.02. The Kier molecular flexibility index (Phi) is 3.88. The number of rotatable bonds is 5. The van der Waals surface area contributed by atoms with Gasteiger partial charge in [0, 0.05) is 30.3 Å². The van der Waals surface area contributed by atoms with Crippen LogP contribution in [0.3, 0.4) is 0 Å². The summed E-state index contributed by atoms with van der Waals surface area (Å²) in [6.45, 7) is 2.79. The number of nitrogen functional groups attached to an aromatic ring is 1. The van der Waals surface area contributed by atoms with E-state index in [0.717, 1.165) is 16.8 Å². The maximum absolute atomic E-state index is 8.81. The summed E-state index contributed by atoms with van der Waals surface area (Å²) in [5, 5.41) is 12.9. The molecule has 3 rings (SSSR count). The van der Waals surface area contributed by atoms with Crippen LogP contribution in [0.25, 0.3) is 22.4 Å². The Labute approximate surface area is 127 Å². The SMILES string of the molecule is Cc1c(-c2ccnc(N)n2)oc2cnc(NCCCO)cc12. The van der Waals surface area contributed by atoms with Crippen LogP contribution in [-0.2, 0) is 0 Å². The van der Waals surface area contributed by atoms with Gasteiger partial charge in [-0.25, -0.2) is 15.0 Å². The molecule has 3 heterocycles. The second kappa shape index (κ2) is 5.98. The summed E-state index contributed by atoms with van der Waals surface area (Å²) in [6.07, 6.45) is 3.96. The van der Waals surface area contributed by atoms with Gasteiger partial charge in [-0.1, -0.05) is 0 Å². The van der Waals surface area contributed by atoms with E-state index in [2.05, 4.69) is 20.3 Å². The number of anilines is 2. The summed E-state index contributed by atoms with van der Waals surface area (Å²) < 4.78 is 5.84. The minimum absolute atomic E-state index is 0.152. The number of nitrogens with one attached hydrogen (secondary N) is 1. The van der Waals surface area contributed by atoms with Gasteiger partial charge in [-0.05, 0) is 25.5 Å². The number of nitrogens with two attached hydrogens (primary N) is 1. The number of furan rings is 1. The summed E-state index contributed by atoms with van der Waals surface area (Å²) in [7, 11) is 0. The Morgan fingerprint density at radius 2 is 2.23 bits per heavy atom. The Morgan fingerprint density at radius 1 is 1.36 bits per heavy atom. The van der Waals surface area contributed by atoms with Gasteiger partial charge in [0.2, 0.25) is 5.95 Å². The zero-order chi connectivity index (χ0) is 15.5. The molecule has 0 fully saturated rings. The summed E-state index contributed by atoms with van der Waals surface area (Å²) in [5.74, 6) is 1.62. The van der Waals surface area contributed by atoms with Gasteiger partial charge < -0.3 is 20.6 Å². The van der Waals surface area contributed by atoms with Crippen molar-refractivity contribution in [3.05, 3.63) is 30.1 Å². The number of fused-ring (bicyclic) bond motifs is 1. The fraction of sp³-hybridized carbons (Fsp3) is 0.267. The molecule has 0 unspecified atom stereocenters. The van der Waals surface area contributed by atoms with Crippen molar-refractivity contribution >= 4 is 22.7 Å². The van der Waals surface area contributed by atoms with E-state index in [0.29, 0.717) is 30.0 Å². The molecule has 0 atom stereocenters. The first kappa shape index (κ1) is 14.3. The number of hydrogen-bond donors (Lipinski definition) is 3. The highest BCUT2D eigenvalue weighted by molar-refractivity contribution is 5.88. The number of aromatic nitrogens is 3. The summed E-state index contributed by atoms with van der Waals surface area (Å²) >= 11 is 0. The van der Waals surface area contributed by atoms with Crippen molar-refractivity contribution in [1.29, 1.82) is 0 Å². The number of hydrogen-bond acceptors (Lipinski definition) is 7. The number of nitrogens with zero attached hydrogens (tertiary/aromatic N) is 3. The molecule has 0 spiro atoms. The highest BCUT2D eigenvalue weighted by Crippen LogP contribution is 2.32. The molecule has 0 aliphatic heterocycles. The summed E-state index contributed by atoms with van der Waals surface area (Å²) in [5.41, 5.74) is 7.94. The van der Waals surface area contributed by atoms with Crippen LogP contribution in [0.5, 0.6) is 0 Å². The summed E-state index contributed by atoms with van der Waals surface area (Å²) in [4.78, 5) is 12.4. The Hall–Kier alpha value is -2.67. The van der Waals surface area contributed by atoms with E-state index in [4.69, 9.17) is 15.3 Å². The predicted octanol–water partition coefficient (Wildman–Crippen LogP) is 1.97. The normalized spacial score (nSPS) is 11.0. The predicted molar refractivity (Wildman–Crippen MR) is 84.4 cm³/mol. The lowest BCUT2D eigenvalue weighted by atomic mass is 10.1. The molecule has 0 radical (unpaired) electrons. The van der Waals surface area contributed by atoms with E-state index in [1.54, 1.807) is 18.5 Å². The minimum Gasteiger partial charge on any atom is -0.453 e. The zero-order valence-electron chi connectivity index (χ0n) is 12.2. The lowest BCUT2D eigenvalue weighted by molar-refractivity contribution is 0.292. The average molecular weight is 299 g/mol. The van der Waals surface area contributed by atoms with E-state index in [-0.39, 0.29) is 12.6 Å². The van der Waals surface area contributed by atoms with E-state index >= 15 is 0 Å². The van der Waals surface area contributed by atoms with Crippen LogP contribution in [-0.4, -0.2) is 33.2 Å². The van der Waals surface area contributed by atoms with Gasteiger partial charge in [0.25, 0.3) is 0 Å². The van der Waals surface area contributed by atoms with E-state index in [1.165, 1.54) is 0 Å². The molecule has 0 amide bonds. The first-order chi connectivity index (χ1) is 10.7. The molecule has 114 valence electrons. The second-order valence-corrected chi connectivity index (χ2v) is 4.93. The summed E-state index contributed by atoms with van der Waals surface area (Å²) in [6, 6.07) is 3.69. The molecule has 0 saturated carbocycles. The third-order valence-electron chi connectivity index (χ3n) is 3.37. The standard InChI is InChI=1S/C15H17N5O2/c1-9-10-7-13(17-4-2-6-21)19-8-12(10)22-14(9)11-3-5-18-15(16)20-11/h3,5,7-8,21H,2,4,6H2,1H3,(H,17,19)(H2,16,18,20). The van der Waals surface area contributed by atoms with Crippen LogP contribution in [0.4, 0.5) is 11.8 Å². The molecule has 0 saturated heterocycles. The molecule has 0 aliphatic carbocycles. The van der Waals surface area contributed by atoms with Gasteiger partial charge in [-0.3, -0.25) is 0 Å². The number of aryl methyl sites for hydroxylation is 1. The molecule has 0 aromatic carbocycles. The van der Waals surface area contributed by atoms with Crippen LogP contribution >= 0.6 is 0 Å². The molecule has 7 heteroatoms. The zero-order valence-corrected chi connectivity index (χ0v) is 12.2. The quantitative estimate of drug-likeness (QED) is 0.618. The fourth-order valence-corrected chi connectivity index (χ4v) is 2.26. The van der Waals surface area contributed by atoms with Gasteiger partial charge in [0.1, 0.15) is 11.5 Å². The third-order valence-corrected chi connectivity index (χ3v) is 3.37. The highest BCUT2D eigenvalue weighted by Gasteiger charge is 2.14. The first-order valence-corrected chi connectivity index (χ1v) is 7.02. The molecular formula is C15H17N5O2. The lowest BCUT2D eigenvalue weighted by Crippen LogP contribution is -2.04. The van der Waals surface area contributed by atoms with E-state index < -0.39 is 0 Å². The number of aliphatic hydroxyl groups excluding tert-OH is 1. The average Bonchev–Trinajstić information content (AvgIpc) is 2.85. The van der Waals surface area contributed by atoms with Gasteiger partial charge in [-0.15, -0.1) is 0 Å². The molecule has 22 heavy (non-hydrogen) atoms. The van der Waals surface area contributed by atoms with Gasteiger partial charge >= 0.3 is 0 Å². The van der Waals surface area contributed by atoms with Crippen molar-refractivity contribution in [2.24, 2.45) is 0 Å². The third kappa shape index (κ3) is 2.71. The molecule has 0 aliphatic rings. The molecule has 0 bridgehead atoms. The van der Waals surface area contributed by atoms with E-state index in [1.807, 2.05) is 13.0 Å². The Morgan fingerprint density at radius 3 is 3.00 bits per heavy atom. The molecule has 3 aromatic heterocycles. The van der Waals surface area contributed by atoms with Crippen molar-refractivity contribution in [3.8, 4) is 11.5 Å². The topological polar surface area (TPSA) is 110 Å². The van der Waals surface area contributed by atoms with Crippen molar-refractivity contribution in [2.45, 2.75) is 13.3 Å². The second-order valence-electron chi connectivity index (χ2n) is 4.93. The van der Waals surface area contributed by atoms with Crippen molar-refractivity contribution in [3.63, 3.8) is 0 Å². The lowest BCUT2D eigenvalue weighted by Gasteiger charge is -2.03. The van der Waals surface area contributed by atoms with Gasteiger partial charge in [0.05, 0.1) is 6.20 Å². The molecular weight excluding hydrogens is 282 g/mol. The van der Waals surface area contributed by atoms with Crippen LogP contribution in [0.15, 0.2) is 28.9 Å². The fourth-order valence-electron chi connectivity index (χ4n) is 2.26. The van der Waals surface area contributed by atoms with Crippen LogP contribution in [0.1, 0.15) is 12.0 Å². The van der Waals surface area contributed by atoms with E-state index in [9.17, 15) is 0 Å². The maximum atomic E-state index is 8.81. The van der Waals surface area contributed by atoms with Crippen LogP contribution in [0.2, 0.25) is 0 Å². The van der Waals surface area contributed by atoms with Crippen molar-refractivity contribution in [2.75, 3.05) is 24.2 Å². The molecule has 7 nitrogen and oxygen atoms in total. The monoisotopic (exact) mass is 299 g/mol. The van der Waals surface area contributed by atoms with Crippen LogP contribution < -0.4 is 11.1 Å². The highest BCUT2D eigenvalue weighted by atomic mass is 16.3. The molecule has 3 aromatic rings. The van der Waals surface area contributed by atoms with Gasteiger partial charge in [-0.2, -0.15) is 0 Å². The minimum atomic E-state index is 0.152. The smallest absolute Gasteiger partial charge is 0.220 e. The largest absolute Gasteiger partial charge is 0.453 e. The Balaban J connectivity index is 1.98. The van der Waals surface area contributed by atoms with Gasteiger partial charge in [0.15, 0.2) is 11.3 Å². The number of pyridine rings is 1. The Bertz CT molecular complexity index is 800.